The predicted octanol–water partition coefficient (Wildman–Crippen LogP) is 1.17. The van der Waals surface area contributed by atoms with E-state index in [4.69, 9.17) is 4.84 Å². The summed E-state index contributed by atoms with van der Waals surface area (Å²) in [4.78, 5) is 28.8. The summed E-state index contributed by atoms with van der Waals surface area (Å²) in [7, 11) is 0. The molecule has 1 aliphatic heterocycles. The van der Waals surface area contributed by atoms with Crippen molar-refractivity contribution < 1.29 is 14.4 Å². The van der Waals surface area contributed by atoms with Gasteiger partial charge in [-0.15, -0.1) is 5.06 Å². The molecular weight excluding hydrogens is 220 g/mol. The lowest BCUT2D eigenvalue weighted by Gasteiger charge is -2.13. The van der Waals surface area contributed by atoms with Gasteiger partial charge in [0, 0.05) is 0 Å². The smallest absolute Gasteiger partial charge is 0.285 e. The number of carbonyl (C=O) groups excluding carboxylic acids is 2. The summed E-state index contributed by atoms with van der Waals surface area (Å²) in [6, 6.07) is 6.70. The molecule has 0 atom stereocenters. The van der Waals surface area contributed by atoms with Crippen LogP contribution in [0.5, 0.6) is 0 Å². The van der Waals surface area contributed by atoms with E-state index in [1.165, 1.54) is 0 Å². The lowest BCUT2D eigenvalue weighted by Crippen LogP contribution is -2.34. The standard InChI is InChI=1S/C12H14N2O3/c1-2-7-13-8-17-14-11(15)9-5-3-4-6-10(9)12(14)16/h3-6,13H,2,7-8H2,1H3. The molecular formula is C12H14N2O3. The number of hydrogen-bond donors (Lipinski definition) is 1. The molecule has 0 fully saturated rings. The highest BCUT2D eigenvalue weighted by atomic mass is 16.7. The fourth-order valence-corrected chi connectivity index (χ4v) is 1.64. The van der Waals surface area contributed by atoms with Gasteiger partial charge in [0.05, 0.1) is 11.1 Å². The Bertz CT molecular complexity index is 410. The molecule has 1 heterocycles. The Hall–Kier alpha value is -1.72. The van der Waals surface area contributed by atoms with Crippen LogP contribution in [0.4, 0.5) is 0 Å². The van der Waals surface area contributed by atoms with Crippen molar-refractivity contribution in [3.8, 4) is 0 Å². The molecule has 5 nitrogen and oxygen atoms in total. The van der Waals surface area contributed by atoms with Crippen molar-refractivity contribution >= 4 is 11.8 Å². The van der Waals surface area contributed by atoms with Gasteiger partial charge in [-0.2, -0.15) is 0 Å². The summed E-state index contributed by atoms with van der Waals surface area (Å²) in [5.41, 5.74) is 0.793. The van der Waals surface area contributed by atoms with E-state index in [9.17, 15) is 9.59 Å². The quantitative estimate of drug-likeness (QED) is 0.472. The Balaban J connectivity index is 2.03. The first-order valence-electron chi connectivity index (χ1n) is 5.57. The van der Waals surface area contributed by atoms with Gasteiger partial charge in [-0.25, -0.2) is 4.84 Å². The first kappa shape index (κ1) is 11.8. The molecule has 0 aromatic heterocycles. The minimum atomic E-state index is -0.399. The molecule has 1 N–H and O–H groups in total. The van der Waals surface area contributed by atoms with Crippen LogP contribution in [0.15, 0.2) is 24.3 Å². The van der Waals surface area contributed by atoms with Crippen LogP contribution in [0, 0.1) is 0 Å². The molecule has 0 saturated carbocycles. The van der Waals surface area contributed by atoms with Crippen LogP contribution in [-0.2, 0) is 4.84 Å². The SMILES string of the molecule is CCCNCON1C(=O)c2ccccc2C1=O. The number of carbonyl (C=O) groups is 2. The second kappa shape index (κ2) is 5.07. The van der Waals surface area contributed by atoms with Gasteiger partial charge in [-0.1, -0.05) is 19.1 Å². The largest absolute Gasteiger partial charge is 0.293 e. The molecule has 5 heteroatoms. The van der Waals surface area contributed by atoms with Crippen molar-refractivity contribution in [1.82, 2.24) is 10.4 Å². The fraction of sp³-hybridized carbons (Fsp3) is 0.333. The third kappa shape index (κ3) is 2.20. The predicted molar refractivity (Wildman–Crippen MR) is 61.2 cm³/mol. The zero-order valence-corrected chi connectivity index (χ0v) is 9.60. The number of fused-ring (bicyclic) bond motifs is 1. The van der Waals surface area contributed by atoms with Crippen molar-refractivity contribution in [1.29, 1.82) is 0 Å². The van der Waals surface area contributed by atoms with Crippen molar-refractivity contribution in [2.75, 3.05) is 13.3 Å². The minimum Gasteiger partial charge on any atom is -0.293 e. The normalized spacial score (nSPS) is 14.3. The summed E-state index contributed by atoms with van der Waals surface area (Å²) < 4.78 is 0. The Morgan fingerprint density at radius 2 is 1.76 bits per heavy atom. The topological polar surface area (TPSA) is 58.6 Å². The summed E-state index contributed by atoms with van der Waals surface area (Å²) in [5.74, 6) is -0.798. The molecule has 0 aliphatic carbocycles. The van der Waals surface area contributed by atoms with E-state index >= 15 is 0 Å². The number of hydrogen-bond acceptors (Lipinski definition) is 4. The molecule has 2 amide bonds. The van der Waals surface area contributed by atoms with Crippen molar-refractivity contribution in [2.24, 2.45) is 0 Å². The maximum Gasteiger partial charge on any atom is 0.285 e. The molecule has 2 rings (SSSR count). The van der Waals surface area contributed by atoms with E-state index in [0.717, 1.165) is 18.0 Å². The highest BCUT2D eigenvalue weighted by Gasteiger charge is 2.36. The number of imide groups is 1. The second-order valence-corrected chi connectivity index (χ2v) is 3.72. The van der Waals surface area contributed by atoms with Gasteiger partial charge in [0.15, 0.2) is 0 Å². The number of hydroxylamine groups is 2. The van der Waals surface area contributed by atoms with E-state index in [1.807, 2.05) is 6.92 Å². The molecule has 0 radical (unpaired) electrons. The van der Waals surface area contributed by atoms with E-state index in [2.05, 4.69) is 5.32 Å². The summed E-state index contributed by atoms with van der Waals surface area (Å²) in [5, 5.41) is 3.77. The molecule has 0 spiro atoms. The number of nitrogens with one attached hydrogen (secondary N) is 1. The lowest BCUT2D eigenvalue weighted by molar-refractivity contribution is -0.0975. The Kier molecular flexibility index (Phi) is 3.51. The number of benzene rings is 1. The zero-order valence-electron chi connectivity index (χ0n) is 9.60. The van der Waals surface area contributed by atoms with Gasteiger partial charge in [-0.3, -0.25) is 14.9 Å². The average Bonchev–Trinajstić information content (AvgIpc) is 2.60. The molecule has 17 heavy (non-hydrogen) atoms. The van der Waals surface area contributed by atoms with E-state index < -0.39 is 11.8 Å². The van der Waals surface area contributed by atoms with Crippen LogP contribution in [0.2, 0.25) is 0 Å². The maximum atomic E-state index is 11.8. The van der Waals surface area contributed by atoms with Crippen LogP contribution in [0.3, 0.4) is 0 Å². The van der Waals surface area contributed by atoms with Gasteiger partial charge in [0.25, 0.3) is 11.8 Å². The van der Waals surface area contributed by atoms with Crippen molar-refractivity contribution in [3.63, 3.8) is 0 Å². The fourth-order valence-electron chi connectivity index (χ4n) is 1.64. The molecule has 1 aromatic rings. The highest BCUT2D eigenvalue weighted by Crippen LogP contribution is 2.22. The van der Waals surface area contributed by atoms with Gasteiger partial charge in [-0.05, 0) is 25.1 Å². The van der Waals surface area contributed by atoms with Crippen LogP contribution >= 0.6 is 0 Å². The average molecular weight is 234 g/mol. The van der Waals surface area contributed by atoms with Crippen LogP contribution in [0.1, 0.15) is 34.1 Å². The molecule has 0 bridgehead atoms. The van der Waals surface area contributed by atoms with Crippen LogP contribution < -0.4 is 5.32 Å². The van der Waals surface area contributed by atoms with Crippen LogP contribution in [-0.4, -0.2) is 30.2 Å². The van der Waals surface area contributed by atoms with E-state index in [1.54, 1.807) is 24.3 Å². The first-order chi connectivity index (χ1) is 8.25. The zero-order chi connectivity index (χ0) is 12.3. The lowest BCUT2D eigenvalue weighted by atomic mass is 10.1. The third-order valence-electron chi connectivity index (χ3n) is 2.48. The van der Waals surface area contributed by atoms with E-state index in [0.29, 0.717) is 11.1 Å². The second-order valence-electron chi connectivity index (χ2n) is 3.72. The van der Waals surface area contributed by atoms with Crippen molar-refractivity contribution in [3.05, 3.63) is 35.4 Å². The molecule has 90 valence electrons. The minimum absolute atomic E-state index is 0.152. The molecule has 0 unspecified atom stereocenters. The maximum absolute atomic E-state index is 11.8. The summed E-state index contributed by atoms with van der Waals surface area (Å²) >= 11 is 0. The first-order valence-corrected chi connectivity index (χ1v) is 5.57. The van der Waals surface area contributed by atoms with Crippen LogP contribution in [0.25, 0.3) is 0 Å². The molecule has 0 saturated heterocycles. The van der Waals surface area contributed by atoms with Crippen molar-refractivity contribution in [2.45, 2.75) is 13.3 Å². The Morgan fingerprint density at radius 1 is 1.18 bits per heavy atom. The number of rotatable bonds is 5. The number of nitrogens with zero attached hydrogens (tertiary/aromatic N) is 1. The number of amides is 2. The monoisotopic (exact) mass is 234 g/mol. The summed E-state index contributed by atoms with van der Waals surface area (Å²) in [6.07, 6.45) is 0.964. The molecule has 1 aromatic carbocycles. The summed E-state index contributed by atoms with van der Waals surface area (Å²) in [6.45, 7) is 2.96. The van der Waals surface area contributed by atoms with Gasteiger partial charge in [0.2, 0.25) is 0 Å². The van der Waals surface area contributed by atoms with Gasteiger partial charge < -0.3 is 0 Å². The van der Waals surface area contributed by atoms with Gasteiger partial charge >= 0.3 is 0 Å². The van der Waals surface area contributed by atoms with E-state index in [-0.39, 0.29) is 6.73 Å². The Labute approximate surface area is 99.3 Å². The highest BCUT2D eigenvalue weighted by molar-refractivity contribution is 6.20. The molecule has 1 aliphatic rings. The Morgan fingerprint density at radius 3 is 2.29 bits per heavy atom. The van der Waals surface area contributed by atoms with Gasteiger partial charge in [0.1, 0.15) is 6.73 Å². The third-order valence-corrected chi connectivity index (χ3v) is 2.48.